The van der Waals surface area contributed by atoms with Crippen LogP contribution in [0.2, 0.25) is 0 Å². The zero-order valence-electron chi connectivity index (χ0n) is 25.3. The van der Waals surface area contributed by atoms with Crippen molar-refractivity contribution in [2.45, 2.75) is 24.2 Å². The van der Waals surface area contributed by atoms with Gasteiger partial charge in [0.05, 0.1) is 23.3 Å². The van der Waals surface area contributed by atoms with Crippen molar-refractivity contribution in [1.82, 2.24) is 10.6 Å². The van der Waals surface area contributed by atoms with Crippen molar-refractivity contribution in [2.24, 2.45) is 0 Å². The summed E-state index contributed by atoms with van der Waals surface area (Å²) in [5.41, 5.74) is 11.9. The molecule has 9 rings (SSSR count). The first kappa shape index (κ1) is 26.8. The average molecular weight is 596 g/mol. The van der Waals surface area contributed by atoms with Crippen LogP contribution in [-0.4, -0.2) is 0 Å². The topological polar surface area (TPSA) is 36.5 Å². The van der Waals surface area contributed by atoms with Crippen LogP contribution < -0.4 is 20.3 Å². The molecule has 0 aliphatic carbocycles. The number of nitrogens with zero attached hydrogens (tertiary/aromatic N) is 1. The van der Waals surface area contributed by atoms with Crippen molar-refractivity contribution in [3.05, 3.63) is 197 Å². The summed E-state index contributed by atoms with van der Waals surface area (Å²) < 4.78 is 6.70. The van der Waals surface area contributed by atoms with Gasteiger partial charge in [-0.15, -0.1) is 0 Å². The van der Waals surface area contributed by atoms with Crippen molar-refractivity contribution >= 4 is 22.8 Å². The van der Waals surface area contributed by atoms with Gasteiger partial charge >= 0.3 is 0 Å². The van der Waals surface area contributed by atoms with Gasteiger partial charge in [-0.2, -0.15) is 0 Å². The number of fused-ring (bicyclic) bond motifs is 7. The molecule has 0 aromatic heterocycles. The molecule has 4 nitrogen and oxygen atoms in total. The minimum absolute atomic E-state index is 0.0160. The Kier molecular flexibility index (Phi) is 6.46. The molecule has 46 heavy (non-hydrogen) atoms. The van der Waals surface area contributed by atoms with Gasteiger partial charge in [-0.05, 0) is 58.7 Å². The molecule has 2 N–H and O–H groups in total. The van der Waals surface area contributed by atoms with E-state index in [1.165, 1.54) is 33.5 Å². The zero-order chi connectivity index (χ0) is 30.5. The van der Waals surface area contributed by atoms with Crippen LogP contribution in [-0.2, 0) is 0 Å². The normalized spacial score (nSPS) is 21.0. The van der Waals surface area contributed by atoms with Gasteiger partial charge < -0.3 is 15.0 Å². The highest BCUT2D eigenvalue weighted by molar-refractivity contribution is 5.84. The second kappa shape index (κ2) is 11.1. The monoisotopic (exact) mass is 595 g/mol. The third kappa shape index (κ3) is 4.49. The van der Waals surface area contributed by atoms with Gasteiger partial charge in [0.15, 0.2) is 0 Å². The number of ether oxygens (including phenoxy) is 1. The molecule has 0 saturated heterocycles. The lowest BCUT2D eigenvalue weighted by atomic mass is 9.85. The first-order chi connectivity index (χ1) is 22.8. The third-order valence-electron chi connectivity index (χ3n) is 9.52. The second-order valence-electron chi connectivity index (χ2n) is 12.2. The summed E-state index contributed by atoms with van der Waals surface area (Å²) in [6.07, 6.45) is 2.20. The number of rotatable bonds is 4. The van der Waals surface area contributed by atoms with E-state index in [2.05, 4.69) is 179 Å². The van der Waals surface area contributed by atoms with E-state index in [4.69, 9.17) is 4.74 Å². The Morgan fingerprint density at radius 3 is 1.85 bits per heavy atom. The van der Waals surface area contributed by atoms with E-state index < -0.39 is 0 Å². The summed E-state index contributed by atoms with van der Waals surface area (Å²) in [4.78, 5) is 2.41. The molecule has 6 aromatic carbocycles. The maximum atomic E-state index is 6.70. The van der Waals surface area contributed by atoms with Crippen LogP contribution in [0, 0.1) is 0 Å². The molecule has 4 unspecified atom stereocenters. The summed E-state index contributed by atoms with van der Waals surface area (Å²) in [5.74, 6) is 1.09. The summed E-state index contributed by atoms with van der Waals surface area (Å²) in [6.45, 7) is 0. The fraction of sp³-hybridized carbons (Fsp3) is 0.0952. The van der Waals surface area contributed by atoms with E-state index in [0.29, 0.717) is 0 Å². The van der Waals surface area contributed by atoms with Crippen molar-refractivity contribution in [2.75, 3.05) is 4.90 Å². The minimum atomic E-state index is -0.0899. The Morgan fingerprint density at radius 2 is 1.11 bits per heavy atom. The molecule has 222 valence electrons. The summed E-state index contributed by atoms with van der Waals surface area (Å²) in [7, 11) is 0. The molecule has 4 heteroatoms. The minimum Gasteiger partial charge on any atom is -0.484 e. The first-order valence-electron chi connectivity index (χ1n) is 16.0. The van der Waals surface area contributed by atoms with Gasteiger partial charge in [0.25, 0.3) is 0 Å². The summed E-state index contributed by atoms with van der Waals surface area (Å²) in [5, 5.41) is 7.58. The molecule has 6 aromatic rings. The fourth-order valence-electron chi connectivity index (χ4n) is 7.37. The van der Waals surface area contributed by atoms with E-state index in [0.717, 1.165) is 28.4 Å². The van der Waals surface area contributed by atoms with Gasteiger partial charge in [-0.3, -0.25) is 5.32 Å². The predicted molar refractivity (Wildman–Crippen MR) is 185 cm³/mol. The standard InChI is InChI=1S/C42H33N3O/c1-3-13-28(14-4-1)35-27-36(44-42(43-35)30-15-5-2-6-16-30)29-23-25-31(26-24-29)45-37-20-10-7-17-32(37)40-34-19-9-12-22-39(34)46-41(40)33-18-8-11-21-38(33)45/h1-27,35,40-44H. The molecule has 3 heterocycles. The molecular formula is C42H33N3O. The highest BCUT2D eigenvalue weighted by Crippen LogP contribution is 2.57. The second-order valence-corrected chi connectivity index (χ2v) is 12.2. The Bertz CT molecular complexity index is 2060. The average Bonchev–Trinajstić information content (AvgIpc) is 3.47. The molecule has 4 atom stereocenters. The van der Waals surface area contributed by atoms with E-state index in [-0.39, 0.29) is 24.2 Å². The lowest BCUT2D eigenvalue weighted by Gasteiger charge is -2.33. The number of para-hydroxylation sites is 3. The Labute approximate surface area is 269 Å². The Balaban J connectivity index is 1.13. The number of nitrogens with one attached hydrogen (secondary N) is 2. The van der Waals surface area contributed by atoms with E-state index in [1.807, 2.05) is 0 Å². The number of hydrogen-bond donors (Lipinski definition) is 2. The summed E-state index contributed by atoms with van der Waals surface area (Å²) in [6, 6.07) is 56.3. The van der Waals surface area contributed by atoms with Gasteiger partial charge in [0.2, 0.25) is 0 Å². The SMILES string of the molecule is C1=C(c2ccc(N3c4ccccc4C4Oc5ccccc5C4c4ccccc43)cc2)NC(c2ccccc2)NC1c1ccccc1. The predicted octanol–water partition coefficient (Wildman–Crippen LogP) is 9.71. The summed E-state index contributed by atoms with van der Waals surface area (Å²) >= 11 is 0. The molecule has 0 radical (unpaired) electrons. The van der Waals surface area contributed by atoms with Gasteiger partial charge in [0.1, 0.15) is 18.0 Å². The molecular weight excluding hydrogens is 562 g/mol. The molecule has 3 aliphatic rings. The molecule has 0 fully saturated rings. The number of benzene rings is 6. The molecule has 0 saturated carbocycles. The Morgan fingerprint density at radius 1 is 0.522 bits per heavy atom. The molecule has 0 spiro atoms. The van der Waals surface area contributed by atoms with Crippen molar-refractivity contribution in [3.63, 3.8) is 0 Å². The van der Waals surface area contributed by atoms with E-state index in [9.17, 15) is 0 Å². The van der Waals surface area contributed by atoms with Crippen LogP contribution in [0.1, 0.15) is 57.6 Å². The zero-order valence-corrected chi connectivity index (χ0v) is 25.3. The lowest BCUT2D eigenvalue weighted by molar-refractivity contribution is 0.224. The van der Waals surface area contributed by atoms with Gasteiger partial charge in [-0.1, -0.05) is 127 Å². The first-order valence-corrected chi connectivity index (χ1v) is 16.0. The van der Waals surface area contributed by atoms with Gasteiger partial charge in [0, 0.05) is 22.5 Å². The van der Waals surface area contributed by atoms with Gasteiger partial charge in [-0.25, -0.2) is 0 Å². The Hall–Kier alpha value is -5.58. The van der Waals surface area contributed by atoms with Crippen molar-refractivity contribution in [1.29, 1.82) is 0 Å². The molecule has 0 amide bonds. The quantitative estimate of drug-likeness (QED) is 0.213. The lowest BCUT2D eigenvalue weighted by Crippen LogP contribution is -2.39. The van der Waals surface area contributed by atoms with E-state index in [1.54, 1.807) is 0 Å². The fourth-order valence-corrected chi connectivity index (χ4v) is 7.37. The maximum Gasteiger partial charge on any atom is 0.137 e. The largest absolute Gasteiger partial charge is 0.484 e. The smallest absolute Gasteiger partial charge is 0.137 e. The third-order valence-corrected chi connectivity index (χ3v) is 9.52. The van der Waals surface area contributed by atoms with Crippen LogP contribution in [0.25, 0.3) is 5.70 Å². The van der Waals surface area contributed by atoms with Crippen molar-refractivity contribution in [3.8, 4) is 5.75 Å². The number of anilines is 3. The van der Waals surface area contributed by atoms with Crippen LogP contribution in [0.3, 0.4) is 0 Å². The highest BCUT2D eigenvalue weighted by Gasteiger charge is 2.42. The van der Waals surface area contributed by atoms with Crippen LogP contribution in [0.5, 0.6) is 5.75 Å². The highest BCUT2D eigenvalue weighted by atomic mass is 16.5. The molecule has 3 aliphatic heterocycles. The van der Waals surface area contributed by atoms with Crippen LogP contribution >= 0.6 is 0 Å². The van der Waals surface area contributed by atoms with Crippen LogP contribution in [0.15, 0.2) is 164 Å². The molecule has 0 bridgehead atoms. The van der Waals surface area contributed by atoms with E-state index >= 15 is 0 Å². The maximum absolute atomic E-state index is 6.70. The van der Waals surface area contributed by atoms with Crippen LogP contribution in [0.4, 0.5) is 17.1 Å². The number of hydrogen-bond acceptors (Lipinski definition) is 4. The van der Waals surface area contributed by atoms with Crippen molar-refractivity contribution < 1.29 is 4.74 Å².